The minimum Gasteiger partial charge on any atom is -0.493 e. The number of carbonyl (C=O) groups is 2. The Morgan fingerprint density at radius 3 is 2.49 bits per heavy atom. The van der Waals surface area contributed by atoms with E-state index in [2.05, 4.69) is 9.88 Å². The Morgan fingerprint density at radius 1 is 1.02 bits per heavy atom. The van der Waals surface area contributed by atoms with E-state index in [1.54, 1.807) is 50.2 Å². The highest BCUT2D eigenvalue weighted by molar-refractivity contribution is 6.20. The number of furan rings is 1. The van der Waals surface area contributed by atoms with Crippen LogP contribution in [0.2, 0.25) is 0 Å². The fraction of sp³-hybridized carbons (Fsp3) is 0.412. The van der Waals surface area contributed by atoms with E-state index in [1.807, 2.05) is 26.0 Å². The van der Waals surface area contributed by atoms with Crippen LogP contribution in [-0.2, 0) is 28.9 Å². The van der Waals surface area contributed by atoms with Gasteiger partial charge >= 0.3 is 6.18 Å². The molecule has 13 heteroatoms. The molecule has 4 aromatic rings. The van der Waals surface area contributed by atoms with Gasteiger partial charge in [-0.15, -0.1) is 0 Å². The first-order valence-corrected chi connectivity index (χ1v) is 15.4. The smallest absolute Gasteiger partial charge is 0.449 e. The van der Waals surface area contributed by atoms with Crippen LogP contribution in [0.3, 0.4) is 0 Å². The summed E-state index contributed by atoms with van der Waals surface area (Å²) in [6.07, 6.45) is -0.913. The number of aryl methyl sites for hydroxylation is 1. The van der Waals surface area contributed by atoms with Gasteiger partial charge in [-0.2, -0.15) is 13.2 Å². The Morgan fingerprint density at radius 2 is 1.79 bits per heavy atom. The third-order valence-electron chi connectivity index (χ3n) is 8.53. The lowest BCUT2D eigenvalue weighted by molar-refractivity contribution is -0.152. The molecule has 0 bridgehead atoms. The van der Waals surface area contributed by atoms with E-state index in [9.17, 15) is 27.6 Å². The number of hydrogen-bond acceptors (Lipinski definition) is 7. The van der Waals surface area contributed by atoms with Crippen LogP contribution < -0.4 is 20.1 Å². The molecule has 1 aromatic carbocycles. The second kappa shape index (κ2) is 13.2. The van der Waals surface area contributed by atoms with Gasteiger partial charge in [0, 0.05) is 70.0 Å². The number of anilines is 2. The van der Waals surface area contributed by atoms with Crippen molar-refractivity contribution in [1.29, 1.82) is 0 Å². The molecule has 47 heavy (non-hydrogen) atoms. The lowest BCUT2D eigenvalue weighted by Gasteiger charge is -2.27. The maximum Gasteiger partial charge on any atom is 0.449 e. The number of ether oxygens (including phenoxy) is 1. The molecule has 0 N–H and O–H groups in total. The van der Waals surface area contributed by atoms with Gasteiger partial charge < -0.3 is 23.5 Å². The molecule has 3 aromatic heterocycles. The van der Waals surface area contributed by atoms with E-state index in [0.717, 1.165) is 17.3 Å². The van der Waals surface area contributed by atoms with E-state index in [4.69, 9.17) is 9.15 Å². The standard InChI is InChI=1S/C34H38F3N5O5/c1-6-42-26-11-10-24(19-27(26)39(5)31(44)33(3,4)32(42)45)46-18-8-14-40(21-23-9-7-13-38-22(23)2)16-17-41-15-12-28-25(30(41)43)20-29(47-28)34(35,36)37/h7,9-13,15,19-20H,6,8,14,16-18,21H2,1-5H3. The van der Waals surface area contributed by atoms with Crippen LogP contribution in [0.1, 0.15) is 44.2 Å². The third-order valence-corrected chi connectivity index (χ3v) is 8.53. The van der Waals surface area contributed by atoms with Crippen molar-refractivity contribution in [1.82, 2.24) is 14.5 Å². The quantitative estimate of drug-likeness (QED) is 0.153. The number of pyridine rings is 2. The van der Waals surface area contributed by atoms with Crippen LogP contribution in [0.25, 0.3) is 11.0 Å². The molecule has 0 atom stereocenters. The van der Waals surface area contributed by atoms with Crippen molar-refractivity contribution in [2.24, 2.45) is 5.41 Å². The number of fused-ring (bicyclic) bond motifs is 2. The molecular weight excluding hydrogens is 615 g/mol. The Balaban J connectivity index is 1.28. The Bertz CT molecular complexity index is 1850. The van der Waals surface area contributed by atoms with E-state index < -0.39 is 22.9 Å². The molecule has 250 valence electrons. The molecule has 0 radical (unpaired) electrons. The van der Waals surface area contributed by atoms with Gasteiger partial charge in [-0.25, -0.2) is 0 Å². The van der Waals surface area contributed by atoms with Crippen molar-refractivity contribution in [2.75, 3.05) is 43.1 Å². The second-order valence-corrected chi connectivity index (χ2v) is 12.1. The van der Waals surface area contributed by atoms with E-state index in [1.165, 1.54) is 21.7 Å². The van der Waals surface area contributed by atoms with Gasteiger partial charge in [0.1, 0.15) is 16.7 Å². The molecule has 4 heterocycles. The highest BCUT2D eigenvalue weighted by Gasteiger charge is 2.45. The van der Waals surface area contributed by atoms with Crippen molar-refractivity contribution in [3.63, 3.8) is 0 Å². The van der Waals surface area contributed by atoms with Gasteiger partial charge in [-0.3, -0.25) is 24.3 Å². The summed E-state index contributed by atoms with van der Waals surface area (Å²) in [5, 5.41) is -0.119. The van der Waals surface area contributed by atoms with Crippen LogP contribution in [0.5, 0.6) is 5.75 Å². The number of halogens is 3. The zero-order valence-electron chi connectivity index (χ0n) is 27.1. The predicted molar refractivity (Wildman–Crippen MR) is 171 cm³/mol. The largest absolute Gasteiger partial charge is 0.493 e. The highest BCUT2D eigenvalue weighted by atomic mass is 19.4. The van der Waals surface area contributed by atoms with Crippen molar-refractivity contribution >= 4 is 34.2 Å². The Kier molecular flexibility index (Phi) is 9.48. The Hall–Kier alpha value is -4.65. The lowest BCUT2D eigenvalue weighted by Crippen LogP contribution is -2.47. The van der Waals surface area contributed by atoms with Crippen LogP contribution in [0, 0.1) is 12.3 Å². The first kappa shape index (κ1) is 33.7. The lowest BCUT2D eigenvalue weighted by atomic mass is 9.90. The third kappa shape index (κ3) is 6.90. The van der Waals surface area contributed by atoms with Gasteiger partial charge in [-0.05, 0) is 63.9 Å². The SMILES string of the molecule is CCN1C(=O)C(C)(C)C(=O)N(C)c2cc(OCCCN(CCn3ccc4oc(C(F)(F)F)cc4c3=O)Cc3cccnc3C)ccc21. The minimum absolute atomic E-state index is 0.107. The predicted octanol–water partition coefficient (Wildman–Crippen LogP) is 5.64. The summed E-state index contributed by atoms with van der Waals surface area (Å²) in [4.78, 5) is 49.0. The topological polar surface area (TPSA) is 101 Å². The summed E-state index contributed by atoms with van der Waals surface area (Å²) in [5.74, 6) is -1.21. The number of alkyl halides is 3. The summed E-state index contributed by atoms with van der Waals surface area (Å²) < 4.78 is 51.8. The summed E-state index contributed by atoms with van der Waals surface area (Å²) in [7, 11) is 1.66. The average molecular weight is 654 g/mol. The molecule has 0 fully saturated rings. The number of aromatic nitrogens is 2. The van der Waals surface area contributed by atoms with E-state index >= 15 is 0 Å². The Labute approximate surface area is 270 Å². The molecule has 5 rings (SSSR count). The fourth-order valence-electron chi connectivity index (χ4n) is 5.79. The summed E-state index contributed by atoms with van der Waals surface area (Å²) in [5.41, 5.74) is 1.24. The number of carbonyl (C=O) groups excluding carboxylic acids is 2. The maximum atomic E-state index is 13.2. The van der Waals surface area contributed by atoms with Gasteiger partial charge in [0.25, 0.3) is 5.56 Å². The summed E-state index contributed by atoms with van der Waals surface area (Å²) in [6, 6.07) is 11.3. The van der Waals surface area contributed by atoms with Crippen LogP contribution >= 0.6 is 0 Å². The number of hydrogen-bond donors (Lipinski definition) is 0. The summed E-state index contributed by atoms with van der Waals surface area (Å²) >= 11 is 0. The zero-order chi connectivity index (χ0) is 34.1. The number of benzene rings is 1. The molecule has 1 aliphatic rings. The summed E-state index contributed by atoms with van der Waals surface area (Å²) in [6.45, 7) is 9.63. The molecule has 0 spiro atoms. The maximum absolute atomic E-state index is 13.2. The fourth-order valence-corrected chi connectivity index (χ4v) is 5.79. The normalized spacial score (nSPS) is 15.0. The first-order chi connectivity index (χ1) is 22.2. The van der Waals surface area contributed by atoms with Crippen LogP contribution in [0.15, 0.2) is 64.1 Å². The van der Waals surface area contributed by atoms with Gasteiger partial charge in [0.05, 0.1) is 23.4 Å². The van der Waals surface area contributed by atoms with Crippen LogP contribution in [-0.4, -0.2) is 59.6 Å². The molecule has 2 amide bonds. The van der Waals surface area contributed by atoms with E-state index in [0.29, 0.717) is 56.3 Å². The van der Waals surface area contributed by atoms with Crippen molar-refractivity contribution in [3.8, 4) is 5.75 Å². The second-order valence-electron chi connectivity index (χ2n) is 12.1. The zero-order valence-corrected chi connectivity index (χ0v) is 27.1. The molecule has 0 unspecified atom stereocenters. The number of nitrogens with zero attached hydrogens (tertiary/aromatic N) is 5. The average Bonchev–Trinajstić information content (AvgIpc) is 3.48. The van der Waals surface area contributed by atoms with Gasteiger partial charge in [-0.1, -0.05) is 6.07 Å². The monoisotopic (exact) mass is 653 g/mol. The first-order valence-electron chi connectivity index (χ1n) is 15.4. The molecule has 1 aliphatic heterocycles. The number of rotatable bonds is 11. The highest BCUT2D eigenvalue weighted by Crippen LogP contribution is 2.40. The van der Waals surface area contributed by atoms with Gasteiger partial charge in [0.15, 0.2) is 0 Å². The molecular formula is C34H38F3N5O5. The number of amides is 2. The molecule has 0 saturated heterocycles. The molecule has 0 saturated carbocycles. The van der Waals surface area contributed by atoms with Crippen molar-refractivity contribution < 1.29 is 31.9 Å². The minimum atomic E-state index is -4.69. The van der Waals surface area contributed by atoms with Gasteiger partial charge in [0.2, 0.25) is 17.6 Å². The molecule has 10 nitrogen and oxygen atoms in total. The van der Waals surface area contributed by atoms with E-state index in [-0.39, 0.29) is 29.3 Å². The molecule has 0 aliphatic carbocycles. The van der Waals surface area contributed by atoms with Crippen molar-refractivity contribution in [2.45, 2.75) is 53.4 Å². The van der Waals surface area contributed by atoms with Crippen molar-refractivity contribution in [3.05, 3.63) is 82.2 Å². The van der Waals surface area contributed by atoms with Crippen LogP contribution in [0.4, 0.5) is 24.5 Å².